The van der Waals surface area contributed by atoms with Crippen LogP contribution in [0.15, 0.2) is 54.1 Å². The lowest BCUT2D eigenvalue weighted by atomic mass is 9.93. The molecule has 0 aliphatic carbocycles. The van der Waals surface area contributed by atoms with Gasteiger partial charge in [-0.2, -0.15) is 0 Å². The van der Waals surface area contributed by atoms with Crippen molar-refractivity contribution in [2.45, 2.75) is 39.7 Å². The average Bonchev–Trinajstić information content (AvgIpc) is 3.29. The minimum Gasteiger partial charge on any atom is -0.507 e. The van der Waals surface area contributed by atoms with Crippen LogP contribution in [0.5, 0.6) is 0 Å². The van der Waals surface area contributed by atoms with E-state index in [-0.39, 0.29) is 11.3 Å². The third-order valence-corrected chi connectivity index (χ3v) is 6.25. The van der Waals surface area contributed by atoms with Gasteiger partial charge in [0.2, 0.25) is 5.13 Å². The summed E-state index contributed by atoms with van der Waals surface area (Å²) >= 11 is 1.24. The van der Waals surface area contributed by atoms with Crippen LogP contribution in [0.3, 0.4) is 0 Å². The van der Waals surface area contributed by atoms with Gasteiger partial charge >= 0.3 is 5.91 Å². The Balaban J connectivity index is 1.91. The van der Waals surface area contributed by atoms with E-state index in [1.807, 2.05) is 43.3 Å². The van der Waals surface area contributed by atoms with Crippen LogP contribution in [-0.2, 0) is 9.59 Å². The van der Waals surface area contributed by atoms with Crippen LogP contribution in [0.25, 0.3) is 5.76 Å². The van der Waals surface area contributed by atoms with E-state index in [0.29, 0.717) is 21.6 Å². The highest BCUT2D eigenvalue weighted by atomic mass is 32.1. The maximum atomic E-state index is 13.1. The van der Waals surface area contributed by atoms with Gasteiger partial charge in [0.1, 0.15) is 10.8 Å². The Morgan fingerprint density at radius 1 is 1.00 bits per heavy atom. The molecule has 1 N–H and O–H groups in total. The number of aromatic nitrogens is 2. The summed E-state index contributed by atoms with van der Waals surface area (Å²) in [6, 6.07) is 14.2. The number of carbonyl (C=O) groups excluding carboxylic acids is 2. The van der Waals surface area contributed by atoms with Gasteiger partial charge in [-0.25, -0.2) is 0 Å². The number of carbonyl (C=O) groups is 2. The standard InChI is InChI=1S/C24H23N3O3S/c1-13(2)16-9-11-17(12-10-16)20-19(21(28)18-7-5-14(3)6-8-18)22(29)23(30)27(20)24-26-25-15(4)31-24/h5-13,20,28H,1-4H3/b21-19+. The highest BCUT2D eigenvalue weighted by Crippen LogP contribution is 2.43. The van der Waals surface area contributed by atoms with Crippen molar-refractivity contribution >= 4 is 33.9 Å². The summed E-state index contributed by atoms with van der Waals surface area (Å²) in [6.07, 6.45) is 0. The summed E-state index contributed by atoms with van der Waals surface area (Å²) in [5.74, 6) is -1.30. The molecule has 1 unspecified atom stereocenters. The molecule has 6 nitrogen and oxygen atoms in total. The number of benzene rings is 2. The number of hydrogen-bond acceptors (Lipinski definition) is 6. The Kier molecular flexibility index (Phi) is 5.45. The summed E-state index contributed by atoms with van der Waals surface area (Å²) in [7, 11) is 0. The number of anilines is 1. The monoisotopic (exact) mass is 433 g/mol. The van der Waals surface area contributed by atoms with E-state index in [9.17, 15) is 14.7 Å². The predicted octanol–water partition coefficient (Wildman–Crippen LogP) is 4.90. The van der Waals surface area contributed by atoms with Crippen molar-refractivity contribution in [3.05, 3.63) is 81.4 Å². The Hall–Kier alpha value is -3.32. The normalized spacial score (nSPS) is 18.2. The molecule has 3 aromatic rings. The smallest absolute Gasteiger partial charge is 0.301 e. The zero-order valence-corrected chi connectivity index (χ0v) is 18.6. The van der Waals surface area contributed by atoms with Gasteiger partial charge in [-0.05, 0) is 30.9 Å². The van der Waals surface area contributed by atoms with Crippen molar-refractivity contribution in [3.8, 4) is 0 Å². The quantitative estimate of drug-likeness (QED) is 0.359. The first-order valence-corrected chi connectivity index (χ1v) is 10.9. The van der Waals surface area contributed by atoms with Crippen molar-refractivity contribution in [2.24, 2.45) is 0 Å². The highest BCUT2D eigenvalue weighted by Gasteiger charge is 2.48. The second-order valence-electron chi connectivity index (χ2n) is 7.96. The average molecular weight is 434 g/mol. The summed E-state index contributed by atoms with van der Waals surface area (Å²) in [5.41, 5.74) is 3.44. The molecule has 1 aliphatic heterocycles. The molecule has 1 aliphatic rings. The minimum absolute atomic E-state index is 0.0546. The minimum atomic E-state index is -0.783. The van der Waals surface area contributed by atoms with Crippen LogP contribution < -0.4 is 4.90 Å². The number of aliphatic hydroxyl groups excluding tert-OH is 1. The van der Waals surface area contributed by atoms with Gasteiger partial charge in [-0.15, -0.1) is 10.2 Å². The fraction of sp³-hybridized carbons (Fsp3) is 0.250. The topological polar surface area (TPSA) is 83.4 Å². The molecule has 1 fully saturated rings. The number of ketones is 1. The SMILES string of the molecule is Cc1ccc(/C(O)=C2\C(=O)C(=O)N(c3nnc(C)s3)C2c2ccc(C(C)C)cc2)cc1. The van der Waals surface area contributed by atoms with Gasteiger partial charge < -0.3 is 5.11 Å². The van der Waals surface area contributed by atoms with Crippen LogP contribution >= 0.6 is 11.3 Å². The van der Waals surface area contributed by atoms with E-state index in [2.05, 4.69) is 24.0 Å². The molecule has 0 bridgehead atoms. The number of rotatable bonds is 4. The van der Waals surface area contributed by atoms with Crippen LogP contribution in [0.2, 0.25) is 0 Å². The number of Topliss-reactive ketones (excluding diaryl/α,β-unsaturated/α-hetero) is 1. The largest absolute Gasteiger partial charge is 0.507 e. The molecule has 4 rings (SSSR count). The molecular weight excluding hydrogens is 410 g/mol. The Bertz CT molecular complexity index is 1180. The summed E-state index contributed by atoms with van der Waals surface area (Å²) < 4.78 is 0. The van der Waals surface area contributed by atoms with Crippen molar-refractivity contribution in [2.75, 3.05) is 4.90 Å². The number of aliphatic hydroxyl groups is 1. The molecule has 158 valence electrons. The molecule has 1 atom stereocenters. The van der Waals surface area contributed by atoms with Gasteiger partial charge in [0.05, 0.1) is 11.6 Å². The van der Waals surface area contributed by atoms with Gasteiger partial charge in [-0.1, -0.05) is 79.3 Å². The van der Waals surface area contributed by atoms with Crippen molar-refractivity contribution < 1.29 is 14.7 Å². The molecule has 0 radical (unpaired) electrons. The fourth-order valence-electron chi connectivity index (χ4n) is 3.66. The molecule has 31 heavy (non-hydrogen) atoms. The summed E-state index contributed by atoms with van der Waals surface area (Å²) in [4.78, 5) is 27.5. The second kappa shape index (κ2) is 8.07. The molecule has 7 heteroatoms. The lowest BCUT2D eigenvalue weighted by molar-refractivity contribution is -0.132. The first-order chi connectivity index (χ1) is 14.8. The zero-order chi connectivity index (χ0) is 22.3. The molecule has 2 aromatic carbocycles. The lowest BCUT2D eigenvalue weighted by Gasteiger charge is -2.23. The number of aryl methyl sites for hydroxylation is 2. The van der Waals surface area contributed by atoms with Crippen LogP contribution in [0, 0.1) is 13.8 Å². The molecule has 1 saturated heterocycles. The van der Waals surface area contributed by atoms with Gasteiger partial charge in [0.25, 0.3) is 5.78 Å². The molecular formula is C24H23N3O3S. The number of amides is 1. The van der Waals surface area contributed by atoms with Crippen molar-refractivity contribution in [1.29, 1.82) is 0 Å². The second-order valence-corrected chi connectivity index (χ2v) is 9.12. The van der Waals surface area contributed by atoms with E-state index < -0.39 is 17.7 Å². The Labute approximate surface area is 184 Å². The van der Waals surface area contributed by atoms with Crippen LogP contribution in [0.4, 0.5) is 5.13 Å². The number of nitrogens with zero attached hydrogens (tertiary/aromatic N) is 3. The van der Waals surface area contributed by atoms with Gasteiger partial charge in [-0.3, -0.25) is 14.5 Å². The maximum absolute atomic E-state index is 13.1. The van der Waals surface area contributed by atoms with Crippen LogP contribution in [-0.4, -0.2) is 27.0 Å². The molecule has 1 amide bonds. The van der Waals surface area contributed by atoms with Crippen molar-refractivity contribution in [3.63, 3.8) is 0 Å². The van der Waals surface area contributed by atoms with Gasteiger partial charge in [0.15, 0.2) is 0 Å². The summed E-state index contributed by atoms with van der Waals surface area (Å²) in [5, 5.41) is 20.2. The Morgan fingerprint density at radius 2 is 1.65 bits per heavy atom. The lowest BCUT2D eigenvalue weighted by Crippen LogP contribution is -2.29. The van der Waals surface area contributed by atoms with E-state index >= 15 is 0 Å². The maximum Gasteiger partial charge on any atom is 0.301 e. The number of hydrogen-bond donors (Lipinski definition) is 1. The highest BCUT2D eigenvalue weighted by molar-refractivity contribution is 7.15. The van der Waals surface area contributed by atoms with E-state index in [1.165, 1.54) is 16.2 Å². The van der Waals surface area contributed by atoms with E-state index in [0.717, 1.165) is 16.7 Å². The molecule has 0 saturated carbocycles. The molecule has 1 aromatic heterocycles. The van der Waals surface area contributed by atoms with Crippen molar-refractivity contribution in [1.82, 2.24) is 10.2 Å². The Morgan fingerprint density at radius 3 is 2.19 bits per heavy atom. The third-order valence-electron chi connectivity index (χ3n) is 5.41. The molecule has 2 heterocycles. The van der Waals surface area contributed by atoms with E-state index in [4.69, 9.17) is 0 Å². The summed E-state index contributed by atoms with van der Waals surface area (Å²) in [6.45, 7) is 7.93. The zero-order valence-electron chi connectivity index (χ0n) is 17.8. The first kappa shape index (κ1) is 20.9. The van der Waals surface area contributed by atoms with Gasteiger partial charge in [0, 0.05) is 5.56 Å². The third kappa shape index (κ3) is 3.77. The van der Waals surface area contributed by atoms with E-state index in [1.54, 1.807) is 19.1 Å². The fourth-order valence-corrected chi connectivity index (χ4v) is 4.37. The van der Waals surface area contributed by atoms with Crippen LogP contribution in [0.1, 0.15) is 53.1 Å². The molecule has 0 spiro atoms. The predicted molar refractivity (Wildman–Crippen MR) is 121 cm³/mol. The first-order valence-electron chi connectivity index (χ1n) is 10.1.